The number of nitrogens with two attached hydrogens (primary N) is 1. The van der Waals surface area contributed by atoms with Crippen molar-refractivity contribution in [2.24, 2.45) is 0 Å². The first-order valence-electron chi connectivity index (χ1n) is 7.13. The molecule has 0 aliphatic carbocycles. The molecule has 1 unspecified atom stereocenters. The summed E-state index contributed by atoms with van der Waals surface area (Å²) in [5.74, 6) is 0. The fraction of sp³-hybridized carbons (Fsp3) is 0.600. The maximum atomic E-state index is 13.0. The molecule has 0 radical (unpaired) electrons. The van der Waals surface area contributed by atoms with Crippen molar-refractivity contribution >= 4 is 15.7 Å². The summed E-state index contributed by atoms with van der Waals surface area (Å²) in [6.45, 7) is 8.22. The second-order valence-corrected chi connectivity index (χ2v) is 7.12. The molecule has 0 aliphatic rings. The van der Waals surface area contributed by atoms with Gasteiger partial charge in [-0.25, -0.2) is 8.42 Å². The van der Waals surface area contributed by atoms with E-state index < -0.39 is 10.0 Å². The Morgan fingerprint density at radius 1 is 1.33 bits per heavy atom. The van der Waals surface area contributed by atoms with Crippen molar-refractivity contribution in [2.75, 3.05) is 26.0 Å². The van der Waals surface area contributed by atoms with Crippen LogP contribution < -0.4 is 5.73 Å². The molecule has 1 aromatic carbocycles. The van der Waals surface area contributed by atoms with Gasteiger partial charge >= 0.3 is 0 Å². The number of sulfonamides is 1. The third-order valence-corrected chi connectivity index (χ3v) is 6.09. The largest absolute Gasteiger partial charge is 0.398 e. The molecule has 0 aliphatic heterocycles. The standard InChI is InChI=1S/C15H26N2O3S/c1-6-12(3)17(9-10-20-5)21(18,19)15-13(4)11(2)7-8-14(15)16/h7-8,12H,6,9-10,16H2,1-5H3. The van der Waals surface area contributed by atoms with Crippen molar-refractivity contribution in [3.8, 4) is 0 Å². The van der Waals surface area contributed by atoms with Gasteiger partial charge in [-0.2, -0.15) is 4.31 Å². The van der Waals surface area contributed by atoms with Crippen molar-refractivity contribution in [1.29, 1.82) is 0 Å². The Balaban J connectivity index is 3.39. The highest BCUT2D eigenvalue weighted by molar-refractivity contribution is 7.89. The molecule has 0 spiro atoms. The number of hydrogen-bond acceptors (Lipinski definition) is 4. The molecule has 1 rings (SSSR count). The summed E-state index contributed by atoms with van der Waals surface area (Å²) < 4.78 is 32.6. The van der Waals surface area contributed by atoms with Gasteiger partial charge in [0.25, 0.3) is 0 Å². The van der Waals surface area contributed by atoms with Crippen LogP contribution in [0.5, 0.6) is 0 Å². The van der Waals surface area contributed by atoms with Crippen LogP contribution in [0, 0.1) is 13.8 Å². The number of nitrogens with zero attached hydrogens (tertiary/aromatic N) is 1. The lowest BCUT2D eigenvalue weighted by atomic mass is 10.1. The molecule has 1 atom stereocenters. The van der Waals surface area contributed by atoms with Crippen LogP contribution >= 0.6 is 0 Å². The van der Waals surface area contributed by atoms with Crippen LogP contribution in [-0.4, -0.2) is 39.0 Å². The topological polar surface area (TPSA) is 72.6 Å². The molecule has 0 amide bonds. The maximum Gasteiger partial charge on any atom is 0.245 e. The lowest BCUT2D eigenvalue weighted by Gasteiger charge is -2.29. The minimum atomic E-state index is -3.64. The molecular formula is C15H26N2O3S. The summed E-state index contributed by atoms with van der Waals surface area (Å²) in [5.41, 5.74) is 7.87. The summed E-state index contributed by atoms with van der Waals surface area (Å²) in [6, 6.07) is 3.39. The van der Waals surface area contributed by atoms with Gasteiger partial charge in [0.1, 0.15) is 4.90 Å². The molecule has 5 nitrogen and oxygen atoms in total. The lowest BCUT2D eigenvalue weighted by Crippen LogP contribution is -2.41. The second kappa shape index (κ2) is 7.24. The van der Waals surface area contributed by atoms with Crippen LogP contribution in [0.3, 0.4) is 0 Å². The lowest BCUT2D eigenvalue weighted by molar-refractivity contribution is 0.167. The van der Waals surface area contributed by atoms with Gasteiger partial charge in [-0.15, -0.1) is 0 Å². The zero-order valence-electron chi connectivity index (χ0n) is 13.5. The minimum Gasteiger partial charge on any atom is -0.398 e. The molecule has 2 N–H and O–H groups in total. The molecule has 1 aromatic rings. The third kappa shape index (κ3) is 3.75. The van der Waals surface area contributed by atoms with Crippen molar-refractivity contribution in [2.45, 2.75) is 45.1 Å². The minimum absolute atomic E-state index is 0.107. The first kappa shape index (κ1) is 17.9. The van der Waals surface area contributed by atoms with Gasteiger partial charge in [-0.3, -0.25) is 0 Å². The highest BCUT2D eigenvalue weighted by Gasteiger charge is 2.31. The smallest absolute Gasteiger partial charge is 0.245 e. The second-order valence-electron chi connectivity index (χ2n) is 5.29. The fourth-order valence-corrected chi connectivity index (χ4v) is 4.32. The van der Waals surface area contributed by atoms with Gasteiger partial charge in [0.05, 0.1) is 12.3 Å². The van der Waals surface area contributed by atoms with E-state index in [9.17, 15) is 8.42 Å². The Bertz CT molecular complexity index is 585. The zero-order chi connectivity index (χ0) is 16.2. The SMILES string of the molecule is CCC(C)N(CCOC)S(=O)(=O)c1c(N)ccc(C)c1C. The number of hydrogen-bond donors (Lipinski definition) is 1. The Labute approximate surface area is 128 Å². The van der Waals surface area contributed by atoms with Crippen LogP contribution in [0.2, 0.25) is 0 Å². The molecule has 0 heterocycles. The molecule has 0 saturated carbocycles. The van der Waals surface area contributed by atoms with E-state index in [1.807, 2.05) is 26.8 Å². The summed E-state index contributed by atoms with van der Waals surface area (Å²) >= 11 is 0. The van der Waals surface area contributed by atoms with E-state index in [1.165, 1.54) is 4.31 Å². The Morgan fingerprint density at radius 3 is 2.48 bits per heavy atom. The van der Waals surface area contributed by atoms with Crippen molar-refractivity contribution < 1.29 is 13.2 Å². The van der Waals surface area contributed by atoms with E-state index in [-0.39, 0.29) is 10.9 Å². The van der Waals surface area contributed by atoms with Gasteiger partial charge in [0.2, 0.25) is 10.0 Å². The normalized spacial score (nSPS) is 13.6. The summed E-state index contributed by atoms with van der Waals surface area (Å²) in [7, 11) is -2.08. The average molecular weight is 314 g/mol. The van der Waals surface area contributed by atoms with E-state index in [4.69, 9.17) is 10.5 Å². The zero-order valence-corrected chi connectivity index (χ0v) is 14.3. The molecule has 21 heavy (non-hydrogen) atoms. The van der Waals surface area contributed by atoms with E-state index in [0.29, 0.717) is 24.4 Å². The number of benzene rings is 1. The van der Waals surface area contributed by atoms with Crippen LogP contribution in [-0.2, 0) is 14.8 Å². The van der Waals surface area contributed by atoms with Crippen LogP contribution in [0.15, 0.2) is 17.0 Å². The van der Waals surface area contributed by atoms with Crippen molar-refractivity contribution in [3.63, 3.8) is 0 Å². The number of ether oxygens (including phenoxy) is 1. The van der Waals surface area contributed by atoms with Gasteiger partial charge in [-0.1, -0.05) is 13.0 Å². The number of rotatable bonds is 7. The summed E-state index contributed by atoms with van der Waals surface area (Å²) in [4.78, 5) is 0.221. The number of methoxy groups -OCH3 is 1. The van der Waals surface area contributed by atoms with Crippen LogP contribution in [0.1, 0.15) is 31.4 Å². The maximum absolute atomic E-state index is 13.0. The fourth-order valence-electron chi connectivity index (χ4n) is 2.23. The Kier molecular flexibility index (Phi) is 6.19. The predicted octanol–water partition coefficient (Wildman–Crippen LogP) is 2.32. The molecule has 0 bridgehead atoms. The quantitative estimate of drug-likeness (QED) is 0.784. The van der Waals surface area contributed by atoms with Crippen LogP contribution in [0.4, 0.5) is 5.69 Å². The summed E-state index contributed by atoms with van der Waals surface area (Å²) in [6.07, 6.45) is 0.730. The third-order valence-electron chi connectivity index (χ3n) is 3.87. The molecule has 0 saturated heterocycles. The van der Waals surface area contributed by atoms with Crippen molar-refractivity contribution in [1.82, 2.24) is 4.31 Å². The number of nitrogen functional groups attached to an aromatic ring is 1. The van der Waals surface area contributed by atoms with Crippen molar-refractivity contribution in [3.05, 3.63) is 23.3 Å². The first-order chi connectivity index (χ1) is 9.77. The number of anilines is 1. The average Bonchev–Trinajstić information content (AvgIpc) is 2.43. The molecule has 0 fully saturated rings. The molecule has 0 aromatic heterocycles. The first-order valence-corrected chi connectivity index (χ1v) is 8.57. The summed E-state index contributed by atoms with van der Waals surface area (Å²) in [5, 5.41) is 0. The predicted molar refractivity (Wildman–Crippen MR) is 85.8 cm³/mol. The highest BCUT2D eigenvalue weighted by Crippen LogP contribution is 2.29. The van der Waals surface area contributed by atoms with E-state index in [0.717, 1.165) is 12.0 Å². The van der Waals surface area contributed by atoms with Gasteiger partial charge in [0, 0.05) is 19.7 Å². The van der Waals surface area contributed by atoms with Gasteiger partial charge in [0.15, 0.2) is 0 Å². The van der Waals surface area contributed by atoms with Crippen LogP contribution in [0.25, 0.3) is 0 Å². The number of aryl methyl sites for hydroxylation is 1. The monoisotopic (exact) mass is 314 g/mol. The van der Waals surface area contributed by atoms with E-state index in [1.54, 1.807) is 20.1 Å². The molecular weight excluding hydrogens is 288 g/mol. The Hall–Kier alpha value is -1.11. The highest BCUT2D eigenvalue weighted by atomic mass is 32.2. The van der Waals surface area contributed by atoms with Gasteiger partial charge < -0.3 is 10.5 Å². The molecule has 6 heteroatoms. The molecule has 120 valence electrons. The van der Waals surface area contributed by atoms with Gasteiger partial charge in [-0.05, 0) is 44.4 Å². The van der Waals surface area contributed by atoms with E-state index in [2.05, 4.69) is 0 Å². The van der Waals surface area contributed by atoms with E-state index >= 15 is 0 Å². The Morgan fingerprint density at radius 2 is 1.95 bits per heavy atom.